The lowest BCUT2D eigenvalue weighted by molar-refractivity contribution is 0.0689. The van der Waals surface area contributed by atoms with Gasteiger partial charge in [0.15, 0.2) is 5.96 Å². The average molecular weight is 323 g/mol. The van der Waals surface area contributed by atoms with Crippen molar-refractivity contribution in [3.63, 3.8) is 0 Å². The monoisotopic (exact) mass is 323 g/mol. The molecular weight excluding hydrogens is 294 g/mol. The van der Waals surface area contributed by atoms with Gasteiger partial charge >= 0.3 is 0 Å². The van der Waals surface area contributed by atoms with Crippen LogP contribution in [0.25, 0.3) is 0 Å². The highest BCUT2D eigenvalue weighted by Crippen LogP contribution is 2.16. The van der Waals surface area contributed by atoms with Gasteiger partial charge in [-0.1, -0.05) is 18.2 Å². The number of ether oxygens (including phenoxy) is 3. The summed E-state index contributed by atoms with van der Waals surface area (Å²) >= 11 is 0. The van der Waals surface area contributed by atoms with Gasteiger partial charge in [0.25, 0.3) is 0 Å². The summed E-state index contributed by atoms with van der Waals surface area (Å²) in [6.07, 6.45) is 2.04. The van der Waals surface area contributed by atoms with Gasteiger partial charge in [0.05, 0.1) is 20.3 Å². The lowest BCUT2D eigenvalue weighted by atomic mass is 10.2. The molecule has 0 fully saturated rings. The maximum atomic E-state index is 5.43. The van der Waals surface area contributed by atoms with E-state index in [9.17, 15) is 0 Å². The molecule has 0 saturated carbocycles. The molecule has 0 spiro atoms. The minimum absolute atomic E-state index is 0.651. The van der Waals surface area contributed by atoms with Crippen LogP contribution >= 0.6 is 0 Å². The summed E-state index contributed by atoms with van der Waals surface area (Å²) in [5, 5.41) is 6.59. The summed E-state index contributed by atoms with van der Waals surface area (Å²) in [5.41, 5.74) is 1.10. The van der Waals surface area contributed by atoms with Gasteiger partial charge in [0, 0.05) is 39.4 Å². The second kappa shape index (κ2) is 12.7. The first-order chi connectivity index (χ1) is 11.3. The SMILES string of the molecule is CN=C(NCCCCOCCOC)NCc1ccccc1OC. The Hall–Kier alpha value is -1.79. The number of benzene rings is 1. The van der Waals surface area contributed by atoms with Crippen LogP contribution in [0.2, 0.25) is 0 Å². The maximum Gasteiger partial charge on any atom is 0.191 e. The van der Waals surface area contributed by atoms with Crippen LogP contribution in [0, 0.1) is 0 Å². The Morgan fingerprint density at radius 1 is 1.04 bits per heavy atom. The van der Waals surface area contributed by atoms with Gasteiger partial charge in [-0.25, -0.2) is 0 Å². The van der Waals surface area contributed by atoms with Crippen LogP contribution in [-0.2, 0) is 16.0 Å². The highest BCUT2D eigenvalue weighted by Gasteiger charge is 2.03. The summed E-state index contributed by atoms with van der Waals surface area (Å²) in [4.78, 5) is 4.22. The molecule has 0 bridgehead atoms. The third-order valence-electron chi connectivity index (χ3n) is 3.30. The van der Waals surface area contributed by atoms with Gasteiger partial charge in [0.1, 0.15) is 5.75 Å². The van der Waals surface area contributed by atoms with Gasteiger partial charge < -0.3 is 24.8 Å². The van der Waals surface area contributed by atoms with Crippen molar-refractivity contribution in [2.24, 2.45) is 4.99 Å². The first-order valence-electron chi connectivity index (χ1n) is 7.95. The molecule has 0 aliphatic heterocycles. The van der Waals surface area contributed by atoms with Crippen molar-refractivity contribution in [1.82, 2.24) is 10.6 Å². The molecule has 6 nitrogen and oxygen atoms in total. The number of hydrogen-bond donors (Lipinski definition) is 2. The number of rotatable bonds is 11. The second-order valence-corrected chi connectivity index (χ2v) is 4.98. The van der Waals surface area contributed by atoms with Crippen molar-refractivity contribution in [1.29, 1.82) is 0 Å². The van der Waals surface area contributed by atoms with E-state index in [-0.39, 0.29) is 0 Å². The van der Waals surface area contributed by atoms with Crippen LogP contribution in [0.1, 0.15) is 18.4 Å². The fourth-order valence-corrected chi connectivity index (χ4v) is 2.03. The molecule has 0 atom stereocenters. The number of methoxy groups -OCH3 is 2. The molecule has 0 radical (unpaired) electrons. The number of para-hydroxylation sites is 1. The summed E-state index contributed by atoms with van der Waals surface area (Å²) in [6, 6.07) is 7.96. The molecule has 0 unspecified atom stereocenters. The summed E-state index contributed by atoms with van der Waals surface area (Å²) in [6.45, 7) is 3.60. The topological polar surface area (TPSA) is 64.1 Å². The largest absolute Gasteiger partial charge is 0.496 e. The van der Waals surface area contributed by atoms with Crippen molar-refractivity contribution in [3.8, 4) is 5.75 Å². The van der Waals surface area contributed by atoms with Crippen LogP contribution in [0.4, 0.5) is 0 Å². The van der Waals surface area contributed by atoms with Crippen molar-refractivity contribution in [2.75, 3.05) is 47.6 Å². The molecule has 1 aromatic carbocycles. The zero-order valence-corrected chi connectivity index (χ0v) is 14.4. The quantitative estimate of drug-likeness (QED) is 0.369. The number of hydrogen-bond acceptors (Lipinski definition) is 4. The zero-order chi connectivity index (χ0) is 16.8. The molecular formula is C17H29N3O3. The van der Waals surface area contributed by atoms with E-state index in [4.69, 9.17) is 14.2 Å². The predicted molar refractivity (Wildman–Crippen MR) is 93.1 cm³/mol. The third kappa shape index (κ3) is 8.42. The number of unbranched alkanes of at least 4 members (excludes halogenated alkanes) is 1. The lowest BCUT2D eigenvalue weighted by Gasteiger charge is -2.13. The number of aliphatic imine (C=N–C) groups is 1. The Bertz CT molecular complexity index is 452. The van der Waals surface area contributed by atoms with Gasteiger partial charge in [-0.3, -0.25) is 4.99 Å². The second-order valence-electron chi connectivity index (χ2n) is 4.98. The number of nitrogens with zero attached hydrogens (tertiary/aromatic N) is 1. The van der Waals surface area contributed by atoms with E-state index in [2.05, 4.69) is 15.6 Å². The van der Waals surface area contributed by atoms with Crippen molar-refractivity contribution in [3.05, 3.63) is 29.8 Å². The lowest BCUT2D eigenvalue weighted by Crippen LogP contribution is -2.37. The average Bonchev–Trinajstić information content (AvgIpc) is 2.60. The van der Waals surface area contributed by atoms with Crippen LogP contribution < -0.4 is 15.4 Å². The smallest absolute Gasteiger partial charge is 0.191 e. The minimum Gasteiger partial charge on any atom is -0.496 e. The van der Waals surface area contributed by atoms with Crippen LogP contribution in [-0.4, -0.2) is 53.6 Å². The fourth-order valence-electron chi connectivity index (χ4n) is 2.03. The van der Waals surface area contributed by atoms with Gasteiger partial charge in [-0.05, 0) is 18.9 Å². The van der Waals surface area contributed by atoms with Crippen LogP contribution in [0.15, 0.2) is 29.3 Å². The minimum atomic E-state index is 0.651. The molecule has 130 valence electrons. The van der Waals surface area contributed by atoms with E-state index in [0.29, 0.717) is 19.8 Å². The van der Waals surface area contributed by atoms with Gasteiger partial charge in [0.2, 0.25) is 0 Å². The van der Waals surface area contributed by atoms with Crippen molar-refractivity contribution in [2.45, 2.75) is 19.4 Å². The third-order valence-corrected chi connectivity index (χ3v) is 3.30. The first kappa shape index (κ1) is 19.3. The van der Waals surface area contributed by atoms with E-state index in [1.54, 1.807) is 21.3 Å². The Balaban J connectivity index is 2.17. The van der Waals surface area contributed by atoms with Gasteiger partial charge in [-0.15, -0.1) is 0 Å². The zero-order valence-electron chi connectivity index (χ0n) is 14.4. The molecule has 0 heterocycles. The Morgan fingerprint density at radius 2 is 1.87 bits per heavy atom. The summed E-state index contributed by atoms with van der Waals surface area (Å²) in [7, 11) is 5.13. The maximum absolute atomic E-state index is 5.43. The Morgan fingerprint density at radius 3 is 2.61 bits per heavy atom. The molecule has 0 amide bonds. The number of nitrogens with one attached hydrogen (secondary N) is 2. The van der Waals surface area contributed by atoms with Crippen molar-refractivity contribution < 1.29 is 14.2 Å². The Kier molecular flexibility index (Phi) is 10.7. The van der Waals surface area contributed by atoms with Gasteiger partial charge in [-0.2, -0.15) is 0 Å². The Labute approximate surface area is 139 Å². The fraction of sp³-hybridized carbons (Fsp3) is 0.588. The molecule has 23 heavy (non-hydrogen) atoms. The van der Waals surface area contributed by atoms with E-state index in [1.807, 2.05) is 24.3 Å². The molecule has 0 aliphatic carbocycles. The van der Waals surface area contributed by atoms with E-state index >= 15 is 0 Å². The predicted octanol–water partition coefficient (Wildman–Crippen LogP) is 1.80. The van der Waals surface area contributed by atoms with E-state index < -0.39 is 0 Å². The van der Waals surface area contributed by atoms with Crippen LogP contribution in [0.5, 0.6) is 5.75 Å². The molecule has 6 heteroatoms. The highest BCUT2D eigenvalue weighted by molar-refractivity contribution is 5.79. The number of guanidine groups is 1. The highest BCUT2D eigenvalue weighted by atomic mass is 16.5. The summed E-state index contributed by atoms with van der Waals surface area (Å²) in [5.74, 6) is 1.67. The first-order valence-corrected chi connectivity index (χ1v) is 7.95. The molecule has 0 aromatic heterocycles. The normalized spacial score (nSPS) is 11.3. The molecule has 0 saturated heterocycles. The van der Waals surface area contributed by atoms with Crippen LogP contribution in [0.3, 0.4) is 0 Å². The van der Waals surface area contributed by atoms with E-state index in [0.717, 1.165) is 43.3 Å². The van der Waals surface area contributed by atoms with E-state index in [1.165, 1.54) is 0 Å². The standard InChI is InChI=1S/C17H29N3O3/c1-18-17(19-10-6-7-11-23-13-12-21-2)20-14-15-8-4-5-9-16(15)22-3/h4-5,8-9H,6-7,10-14H2,1-3H3,(H2,18,19,20). The molecule has 1 aromatic rings. The molecule has 2 N–H and O–H groups in total. The molecule has 1 rings (SSSR count). The van der Waals surface area contributed by atoms with Crippen molar-refractivity contribution >= 4 is 5.96 Å². The molecule has 0 aliphatic rings. The summed E-state index contributed by atoms with van der Waals surface area (Å²) < 4.78 is 15.7.